The zero-order chi connectivity index (χ0) is 13.8. The van der Waals surface area contributed by atoms with Crippen LogP contribution in [-0.2, 0) is 6.42 Å². The number of aryl methyl sites for hydroxylation is 1. The van der Waals surface area contributed by atoms with Crippen LogP contribution in [0.2, 0.25) is 0 Å². The lowest BCUT2D eigenvalue weighted by atomic mass is 9.77. The Morgan fingerprint density at radius 2 is 2.20 bits per heavy atom. The monoisotopic (exact) mass is 285 g/mol. The van der Waals surface area contributed by atoms with E-state index < -0.39 is 0 Å². The van der Waals surface area contributed by atoms with Gasteiger partial charge in [0.05, 0.1) is 0 Å². The molecule has 2 unspecified atom stereocenters. The molecule has 0 radical (unpaired) electrons. The second-order valence-electron chi connectivity index (χ2n) is 5.69. The summed E-state index contributed by atoms with van der Waals surface area (Å²) in [6.07, 6.45) is 5.05. The van der Waals surface area contributed by atoms with Crippen molar-refractivity contribution in [3.05, 3.63) is 57.8 Å². The lowest BCUT2D eigenvalue weighted by Crippen LogP contribution is -2.29. The van der Waals surface area contributed by atoms with Crippen molar-refractivity contribution in [1.82, 2.24) is 5.32 Å². The van der Waals surface area contributed by atoms with Crippen molar-refractivity contribution in [3.63, 3.8) is 0 Å². The third-order valence-corrected chi connectivity index (χ3v) is 5.04. The molecule has 0 saturated heterocycles. The Morgan fingerprint density at radius 1 is 1.30 bits per heavy atom. The van der Waals surface area contributed by atoms with Gasteiger partial charge in [0.15, 0.2) is 0 Å². The molecule has 0 amide bonds. The van der Waals surface area contributed by atoms with Crippen LogP contribution in [0.3, 0.4) is 0 Å². The van der Waals surface area contributed by atoms with E-state index in [-0.39, 0.29) is 0 Å². The maximum absolute atomic E-state index is 3.79. The zero-order valence-corrected chi connectivity index (χ0v) is 13.0. The molecule has 2 atom stereocenters. The molecule has 0 fully saturated rings. The number of rotatable bonds is 5. The second-order valence-corrected chi connectivity index (χ2v) is 6.47. The van der Waals surface area contributed by atoms with Crippen molar-refractivity contribution >= 4 is 11.3 Å². The molecule has 1 aliphatic carbocycles. The van der Waals surface area contributed by atoms with Gasteiger partial charge in [-0.2, -0.15) is 11.3 Å². The fraction of sp³-hybridized carbons (Fsp3) is 0.444. The maximum Gasteiger partial charge on any atom is 0.0397 e. The summed E-state index contributed by atoms with van der Waals surface area (Å²) in [6.45, 7) is 3.34. The molecule has 1 aromatic heterocycles. The highest BCUT2D eigenvalue weighted by Gasteiger charge is 2.28. The Hall–Kier alpha value is -1.12. The minimum atomic E-state index is 0.475. The van der Waals surface area contributed by atoms with Crippen LogP contribution in [0.15, 0.2) is 41.1 Å². The highest BCUT2D eigenvalue weighted by molar-refractivity contribution is 7.07. The van der Waals surface area contributed by atoms with E-state index in [1.165, 1.54) is 31.2 Å². The topological polar surface area (TPSA) is 12.0 Å². The molecule has 0 saturated carbocycles. The summed E-state index contributed by atoms with van der Waals surface area (Å²) in [5, 5.41) is 8.30. The SMILES string of the molecule is CCCNC(c1ccsc1)C1CCCc2ccccc21. The van der Waals surface area contributed by atoms with Crippen molar-refractivity contribution in [2.24, 2.45) is 0 Å². The Morgan fingerprint density at radius 3 is 3.00 bits per heavy atom. The standard InChI is InChI=1S/C18H23NS/c1-2-11-19-18(15-10-12-20-13-15)17-9-5-7-14-6-3-4-8-16(14)17/h3-4,6,8,10,12-13,17-19H,2,5,7,9,11H2,1H3. The number of nitrogens with one attached hydrogen (secondary N) is 1. The molecule has 0 spiro atoms. The predicted molar refractivity (Wildman–Crippen MR) is 87.5 cm³/mol. The fourth-order valence-corrected chi connectivity index (χ4v) is 4.08. The Labute approximate surface area is 126 Å². The van der Waals surface area contributed by atoms with Crippen molar-refractivity contribution in [2.75, 3.05) is 6.54 Å². The van der Waals surface area contributed by atoms with Gasteiger partial charge in [-0.05, 0) is 65.7 Å². The van der Waals surface area contributed by atoms with Gasteiger partial charge in [0.25, 0.3) is 0 Å². The summed E-state index contributed by atoms with van der Waals surface area (Å²) in [4.78, 5) is 0. The van der Waals surface area contributed by atoms with Crippen LogP contribution in [0, 0.1) is 0 Å². The molecule has 3 rings (SSSR count). The largest absolute Gasteiger partial charge is 0.309 e. The number of hydrogen-bond donors (Lipinski definition) is 1. The van der Waals surface area contributed by atoms with E-state index in [0.717, 1.165) is 6.54 Å². The van der Waals surface area contributed by atoms with Crippen molar-refractivity contribution < 1.29 is 0 Å². The molecule has 1 aliphatic rings. The van der Waals surface area contributed by atoms with E-state index in [9.17, 15) is 0 Å². The lowest BCUT2D eigenvalue weighted by Gasteiger charge is -2.33. The van der Waals surface area contributed by atoms with E-state index >= 15 is 0 Å². The molecular formula is C18H23NS. The molecule has 2 aromatic rings. The van der Waals surface area contributed by atoms with Gasteiger partial charge in [0.1, 0.15) is 0 Å². The average Bonchev–Trinajstić information content (AvgIpc) is 3.02. The summed E-state index contributed by atoms with van der Waals surface area (Å²) < 4.78 is 0. The van der Waals surface area contributed by atoms with Crippen molar-refractivity contribution in [2.45, 2.75) is 44.6 Å². The number of hydrogen-bond acceptors (Lipinski definition) is 2. The van der Waals surface area contributed by atoms with Crippen molar-refractivity contribution in [1.29, 1.82) is 0 Å². The number of thiophene rings is 1. The molecule has 1 heterocycles. The van der Waals surface area contributed by atoms with Crippen LogP contribution >= 0.6 is 11.3 Å². The molecule has 106 valence electrons. The molecule has 1 aromatic carbocycles. The van der Waals surface area contributed by atoms with Gasteiger partial charge in [-0.3, -0.25) is 0 Å². The van der Waals surface area contributed by atoms with Gasteiger partial charge >= 0.3 is 0 Å². The fourth-order valence-electron chi connectivity index (χ4n) is 3.38. The third-order valence-electron chi connectivity index (χ3n) is 4.33. The minimum Gasteiger partial charge on any atom is -0.309 e. The Bertz CT molecular complexity index is 532. The average molecular weight is 285 g/mol. The molecular weight excluding hydrogens is 262 g/mol. The van der Waals surface area contributed by atoms with Gasteiger partial charge in [-0.25, -0.2) is 0 Å². The van der Waals surface area contributed by atoms with Gasteiger partial charge in [0, 0.05) is 12.0 Å². The number of fused-ring (bicyclic) bond motifs is 1. The predicted octanol–water partition coefficient (Wildman–Crippen LogP) is 4.91. The van der Waals surface area contributed by atoms with Crippen LogP contribution < -0.4 is 5.32 Å². The third kappa shape index (κ3) is 2.82. The summed E-state index contributed by atoms with van der Waals surface area (Å²) in [5.41, 5.74) is 4.59. The quantitative estimate of drug-likeness (QED) is 0.823. The first-order chi connectivity index (χ1) is 9.90. The summed E-state index contributed by atoms with van der Waals surface area (Å²) in [6, 6.07) is 11.8. The summed E-state index contributed by atoms with van der Waals surface area (Å²) in [7, 11) is 0. The lowest BCUT2D eigenvalue weighted by molar-refractivity contribution is 0.402. The van der Waals surface area contributed by atoms with E-state index in [0.29, 0.717) is 12.0 Å². The molecule has 1 N–H and O–H groups in total. The maximum atomic E-state index is 3.79. The normalized spacial score (nSPS) is 19.6. The first-order valence-corrected chi connectivity index (χ1v) is 8.67. The van der Waals surface area contributed by atoms with Crippen LogP contribution in [0.1, 0.15) is 54.8 Å². The Balaban J connectivity index is 1.92. The smallest absolute Gasteiger partial charge is 0.0397 e. The van der Waals surface area contributed by atoms with Gasteiger partial charge in [-0.15, -0.1) is 0 Å². The molecule has 20 heavy (non-hydrogen) atoms. The van der Waals surface area contributed by atoms with Crippen LogP contribution in [0.25, 0.3) is 0 Å². The highest BCUT2D eigenvalue weighted by Crippen LogP contribution is 2.40. The van der Waals surface area contributed by atoms with Gasteiger partial charge in [0.2, 0.25) is 0 Å². The molecule has 1 nitrogen and oxygen atoms in total. The molecule has 0 aliphatic heterocycles. The number of benzene rings is 1. The van der Waals surface area contributed by atoms with Crippen LogP contribution in [0.4, 0.5) is 0 Å². The van der Waals surface area contributed by atoms with Gasteiger partial charge < -0.3 is 5.32 Å². The van der Waals surface area contributed by atoms with Crippen molar-refractivity contribution in [3.8, 4) is 0 Å². The highest BCUT2D eigenvalue weighted by atomic mass is 32.1. The molecule has 0 bridgehead atoms. The van der Waals surface area contributed by atoms with Crippen LogP contribution in [-0.4, -0.2) is 6.54 Å². The summed E-state index contributed by atoms with van der Waals surface area (Å²) in [5.74, 6) is 0.626. The van der Waals surface area contributed by atoms with Crippen LogP contribution in [0.5, 0.6) is 0 Å². The first-order valence-electron chi connectivity index (χ1n) is 7.73. The molecule has 2 heteroatoms. The van der Waals surface area contributed by atoms with Gasteiger partial charge in [-0.1, -0.05) is 31.2 Å². The first kappa shape index (κ1) is 13.8. The van der Waals surface area contributed by atoms with E-state index in [1.807, 2.05) is 0 Å². The Kier molecular flexibility index (Phi) is 4.54. The summed E-state index contributed by atoms with van der Waals surface area (Å²) >= 11 is 1.81. The van der Waals surface area contributed by atoms with E-state index in [4.69, 9.17) is 0 Å². The van der Waals surface area contributed by atoms with E-state index in [1.54, 1.807) is 22.5 Å². The van der Waals surface area contributed by atoms with E-state index in [2.05, 4.69) is 53.3 Å². The minimum absolute atomic E-state index is 0.475. The zero-order valence-electron chi connectivity index (χ0n) is 12.1. The second kappa shape index (κ2) is 6.55.